The molecule has 0 aliphatic rings. The van der Waals surface area contributed by atoms with Gasteiger partial charge in [-0.2, -0.15) is 0 Å². The summed E-state index contributed by atoms with van der Waals surface area (Å²) in [5.41, 5.74) is 0.785. The number of aliphatic carboxylic acids is 1. The second-order valence-electron chi connectivity index (χ2n) is 3.07. The first-order chi connectivity index (χ1) is 7.00. The van der Waals surface area contributed by atoms with Crippen LogP contribution in [0.25, 0.3) is 0 Å². The fraction of sp³-hybridized carbons (Fsp3) is 0.300. The Labute approximate surface area is 103 Å². The summed E-state index contributed by atoms with van der Waals surface area (Å²) in [6.07, 6.45) is 0.406. The highest BCUT2D eigenvalue weighted by molar-refractivity contribution is 6.42. The van der Waals surface area contributed by atoms with E-state index in [1.807, 2.05) is 0 Å². The molecule has 0 amide bonds. The molecule has 1 aromatic carbocycles. The molecule has 1 atom stereocenters. The van der Waals surface area contributed by atoms with E-state index in [9.17, 15) is 4.79 Å². The largest absolute Gasteiger partial charge is 0.481 e. The maximum atomic E-state index is 10.4. The highest BCUT2D eigenvalue weighted by atomic mass is 35.5. The lowest BCUT2D eigenvalue weighted by molar-refractivity contribution is -0.137. The third-order valence-electron chi connectivity index (χ3n) is 1.92. The van der Waals surface area contributed by atoms with Crippen LogP contribution in [-0.4, -0.2) is 11.1 Å². The molecule has 0 spiro atoms. The molecule has 0 radical (unpaired) electrons. The zero-order chi connectivity index (χ0) is 11.4. The third kappa shape index (κ3) is 3.90. The van der Waals surface area contributed by atoms with Gasteiger partial charge in [-0.3, -0.25) is 4.79 Å². The predicted octanol–water partition coefficient (Wildman–Crippen LogP) is 4.14. The summed E-state index contributed by atoms with van der Waals surface area (Å²) in [6, 6.07) is 5.05. The average Bonchev–Trinajstić information content (AvgIpc) is 2.18. The van der Waals surface area contributed by atoms with Gasteiger partial charge < -0.3 is 5.11 Å². The quantitative estimate of drug-likeness (QED) is 0.833. The fourth-order valence-electron chi connectivity index (χ4n) is 1.12. The average molecular weight is 268 g/mol. The van der Waals surface area contributed by atoms with Crippen molar-refractivity contribution in [3.8, 4) is 0 Å². The molecule has 1 N–H and O–H groups in total. The summed E-state index contributed by atoms with van der Waals surface area (Å²) in [4.78, 5) is 10.4. The van der Waals surface area contributed by atoms with Gasteiger partial charge in [-0.25, -0.2) is 0 Å². The first-order valence-corrected chi connectivity index (χ1v) is 5.50. The van der Waals surface area contributed by atoms with Gasteiger partial charge in [0.15, 0.2) is 0 Å². The number of benzene rings is 1. The van der Waals surface area contributed by atoms with Crippen molar-refractivity contribution in [1.82, 2.24) is 0 Å². The first-order valence-electron chi connectivity index (χ1n) is 4.31. The molecule has 1 aromatic rings. The van der Waals surface area contributed by atoms with Crippen LogP contribution in [0.2, 0.25) is 10.0 Å². The summed E-state index contributed by atoms with van der Waals surface area (Å²) in [5.74, 6) is -0.860. The molecule has 82 valence electrons. The van der Waals surface area contributed by atoms with Gasteiger partial charge in [-0.15, -0.1) is 11.6 Å². The lowest BCUT2D eigenvalue weighted by Crippen LogP contribution is -1.98. The zero-order valence-electron chi connectivity index (χ0n) is 7.71. The molecule has 2 nitrogen and oxygen atoms in total. The molecule has 0 bridgehead atoms. The summed E-state index contributed by atoms with van der Waals surface area (Å²) >= 11 is 17.6. The molecular formula is C10H9Cl3O2. The molecule has 1 rings (SSSR count). The van der Waals surface area contributed by atoms with E-state index < -0.39 is 5.97 Å². The minimum Gasteiger partial charge on any atom is -0.481 e. The number of carboxylic acid groups (broad SMARTS) is 1. The summed E-state index contributed by atoms with van der Waals surface area (Å²) in [5, 5.41) is 9.04. The minimum absolute atomic E-state index is 0.0361. The molecule has 0 saturated heterocycles. The number of alkyl halides is 1. The minimum atomic E-state index is -0.860. The summed E-state index contributed by atoms with van der Waals surface area (Å²) in [7, 11) is 0. The topological polar surface area (TPSA) is 37.3 Å². The van der Waals surface area contributed by atoms with E-state index >= 15 is 0 Å². The molecule has 0 aromatic heterocycles. The van der Waals surface area contributed by atoms with Gasteiger partial charge in [0.05, 0.1) is 15.4 Å². The fourth-order valence-corrected chi connectivity index (χ4v) is 1.68. The van der Waals surface area contributed by atoms with Gasteiger partial charge in [0.1, 0.15) is 0 Å². The number of carbonyl (C=O) groups is 1. The van der Waals surface area contributed by atoms with Crippen LogP contribution in [0.5, 0.6) is 0 Å². The monoisotopic (exact) mass is 266 g/mol. The lowest BCUT2D eigenvalue weighted by atomic mass is 10.1. The van der Waals surface area contributed by atoms with E-state index in [0.29, 0.717) is 16.5 Å². The highest BCUT2D eigenvalue weighted by Gasteiger charge is 2.11. The van der Waals surface area contributed by atoms with Gasteiger partial charge in [-0.1, -0.05) is 29.3 Å². The number of halogens is 3. The van der Waals surface area contributed by atoms with E-state index in [1.54, 1.807) is 18.2 Å². The van der Waals surface area contributed by atoms with Crippen molar-refractivity contribution in [1.29, 1.82) is 0 Å². The van der Waals surface area contributed by atoms with Crippen LogP contribution in [0.3, 0.4) is 0 Å². The smallest absolute Gasteiger partial charge is 0.303 e. The van der Waals surface area contributed by atoms with Crippen molar-refractivity contribution in [2.75, 3.05) is 0 Å². The normalized spacial score (nSPS) is 12.5. The standard InChI is InChI=1S/C10H9Cl3O2/c11-7(3-4-10(14)15)6-1-2-8(12)9(13)5-6/h1-2,5,7H,3-4H2,(H,14,15). The highest BCUT2D eigenvalue weighted by Crippen LogP contribution is 2.30. The zero-order valence-corrected chi connectivity index (χ0v) is 9.98. The van der Waals surface area contributed by atoms with Gasteiger partial charge >= 0.3 is 5.97 Å². The van der Waals surface area contributed by atoms with Gasteiger partial charge in [0.25, 0.3) is 0 Å². The molecular weight excluding hydrogens is 258 g/mol. The molecule has 0 aliphatic heterocycles. The van der Waals surface area contributed by atoms with Crippen molar-refractivity contribution in [2.24, 2.45) is 0 Å². The van der Waals surface area contributed by atoms with Gasteiger partial charge in [0, 0.05) is 6.42 Å². The number of carboxylic acids is 1. The van der Waals surface area contributed by atoms with E-state index in [0.717, 1.165) is 5.56 Å². The van der Waals surface area contributed by atoms with Crippen LogP contribution in [0.1, 0.15) is 23.8 Å². The van der Waals surface area contributed by atoms with Crippen LogP contribution < -0.4 is 0 Å². The Morgan fingerprint density at radius 1 is 1.33 bits per heavy atom. The van der Waals surface area contributed by atoms with Crippen LogP contribution in [0.4, 0.5) is 0 Å². The molecule has 0 heterocycles. The number of hydrogen-bond donors (Lipinski definition) is 1. The Morgan fingerprint density at radius 3 is 2.53 bits per heavy atom. The van der Waals surface area contributed by atoms with Crippen LogP contribution >= 0.6 is 34.8 Å². The maximum Gasteiger partial charge on any atom is 0.303 e. The van der Waals surface area contributed by atoms with Crippen molar-refractivity contribution >= 4 is 40.8 Å². The van der Waals surface area contributed by atoms with E-state index in [4.69, 9.17) is 39.9 Å². The van der Waals surface area contributed by atoms with Gasteiger partial charge in [-0.05, 0) is 24.1 Å². The third-order valence-corrected chi connectivity index (χ3v) is 3.13. The molecule has 0 fully saturated rings. The van der Waals surface area contributed by atoms with Crippen molar-refractivity contribution in [3.05, 3.63) is 33.8 Å². The summed E-state index contributed by atoms with van der Waals surface area (Å²) in [6.45, 7) is 0. The first kappa shape index (κ1) is 12.6. The maximum absolute atomic E-state index is 10.4. The molecule has 15 heavy (non-hydrogen) atoms. The number of hydrogen-bond acceptors (Lipinski definition) is 1. The molecule has 1 unspecified atom stereocenters. The molecule has 5 heteroatoms. The van der Waals surface area contributed by atoms with Crippen molar-refractivity contribution in [3.63, 3.8) is 0 Å². The Balaban J connectivity index is 2.69. The Bertz CT molecular complexity index is 366. The number of rotatable bonds is 4. The summed E-state index contributed by atoms with van der Waals surface area (Å²) < 4.78 is 0. The Kier molecular flexibility index (Phi) is 4.71. The second kappa shape index (κ2) is 5.59. The SMILES string of the molecule is O=C(O)CCC(Cl)c1ccc(Cl)c(Cl)c1. The van der Waals surface area contributed by atoms with Crippen LogP contribution in [0, 0.1) is 0 Å². The second-order valence-corrected chi connectivity index (χ2v) is 4.41. The van der Waals surface area contributed by atoms with Crippen molar-refractivity contribution in [2.45, 2.75) is 18.2 Å². The van der Waals surface area contributed by atoms with E-state index in [2.05, 4.69) is 0 Å². The predicted molar refractivity (Wildman–Crippen MR) is 61.9 cm³/mol. The van der Waals surface area contributed by atoms with Crippen molar-refractivity contribution < 1.29 is 9.90 Å². The lowest BCUT2D eigenvalue weighted by Gasteiger charge is -2.09. The van der Waals surface area contributed by atoms with Crippen LogP contribution in [-0.2, 0) is 4.79 Å². The van der Waals surface area contributed by atoms with Gasteiger partial charge in [0.2, 0.25) is 0 Å². The van der Waals surface area contributed by atoms with Crippen LogP contribution in [0.15, 0.2) is 18.2 Å². The Hall–Kier alpha value is -0.440. The molecule has 0 aliphatic carbocycles. The molecule has 0 saturated carbocycles. The van der Waals surface area contributed by atoms with E-state index in [1.165, 1.54) is 0 Å². The Morgan fingerprint density at radius 2 is 2.00 bits per heavy atom. The van der Waals surface area contributed by atoms with E-state index in [-0.39, 0.29) is 11.8 Å².